The van der Waals surface area contributed by atoms with Crippen molar-refractivity contribution in [2.24, 2.45) is 0 Å². The molecule has 5 heteroatoms. The van der Waals surface area contributed by atoms with E-state index in [1.807, 2.05) is 20.8 Å². The number of rotatable bonds is 4. The monoisotopic (exact) mass is 262 g/mol. The third-order valence-electron chi connectivity index (χ3n) is 2.71. The number of thiazole rings is 1. The van der Waals surface area contributed by atoms with Gasteiger partial charge in [-0.05, 0) is 20.8 Å². The molecule has 0 aromatic carbocycles. The average Bonchev–Trinajstić information content (AvgIpc) is 2.77. The molecule has 1 N–H and O–H groups in total. The van der Waals surface area contributed by atoms with Gasteiger partial charge in [-0.3, -0.25) is 4.98 Å². The molecule has 2 aromatic rings. The van der Waals surface area contributed by atoms with E-state index in [-0.39, 0.29) is 0 Å². The molecule has 0 bridgehead atoms. The topological polar surface area (TPSA) is 50.7 Å². The van der Waals surface area contributed by atoms with Crippen molar-refractivity contribution < 1.29 is 0 Å². The Labute approximate surface area is 112 Å². The zero-order valence-electron chi connectivity index (χ0n) is 11.2. The minimum absolute atomic E-state index is 0.380. The van der Waals surface area contributed by atoms with Crippen molar-refractivity contribution in [2.75, 3.05) is 11.9 Å². The van der Waals surface area contributed by atoms with E-state index in [2.05, 4.69) is 32.6 Å². The van der Waals surface area contributed by atoms with Crippen LogP contribution in [0, 0.1) is 20.8 Å². The molecule has 0 unspecified atom stereocenters. The van der Waals surface area contributed by atoms with Gasteiger partial charge >= 0.3 is 0 Å². The van der Waals surface area contributed by atoms with Gasteiger partial charge in [0.05, 0.1) is 16.4 Å². The molecule has 0 saturated carbocycles. The Morgan fingerprint density at radius 1 is 1.22 bits per heavy atom. The third-order valence-corrected chi connectivity index (χ3v) is 3.90. The average molecular weight is 262 g/mol. The molecule has 2 heterocycles. The van der Waals surface area contributed by atoms with E-state index in [4.69, 9.17) is 0 Å². The van der Waals surface area contributed by atoms with Crippen LogP contribution < -0.4 is 5.32 Å². The molecule has 0 aliphatic heterocycles. The highest BCUT2D eigenvalue weighted by Gasteiger charge is 2.10. The van der Waals surface area contributed by atoms with Gasteiger partial charge in [-0.1, -0.05) is 6.92 Å². The molecule has 18 heavy (non-hydrogen) atoms. The molecule has 0 aliphatic rings. The van der Waals surface area contributed by atoms with Crippen LogP contribution in [0.1, 0.15) is 34.9 Å². The fourth-order valence-electron chi connectivity index (χ4n) is 1.64. The van der Waals surface area contributed by atoms with Crippen LogP contribution in [0.3, 0.4) is 0 Å². The predicted molar refractivity (Wildman–Crippen MR) is 75.3 cm³/mol. The van der Waals surface area contributed by atoms with Crippen LogP contribution in [-0.4, -0.2) is 21.5 Å². The van der Waals surface area contributed by atoms with Crippen molar-refractivity contribution in [1.82, 2.24) is 15.0 Å². The summed E-state index contributed by atoms with van der Waals surface area (Å²) in [4.78, 5) is 13.3. The summed E-state index contributed by atoms with van der Waals surface area (Å²) in [7, 11) is 0. The summed E-state index contributed by atoms with van der Waals surface area (Å²) in [6, 6.07) is 0. The smallest absolute Gasteiger partial charge is 0.147 e. The first-order valence-corrected chi connectivity index (χ1v) is 6.90. The maximum absolute atomic E-state index is 4.51. The van der Waals surface area contributed by atoms with Gasteiger partial charge in [0.2, 0.25) is 0 Å². The van der Waals surface area contributed by atoms with Crippen molar-refractivity contribution in [2.45, 2.75) is 33.6 Å². The Morgan fingerprint density at radius 3 is 2.67 bits per heavy atom. The lowest BCUT2D eigenvalue weighted by atomic mass is 10.2. The Kier molecular flexibility index (Phi) is 3.91. The van der Waals surface area contributed by atoms with Crippen LogP contribution in [0.4, 0.5) is 5.82 Å². The highest BCUT2D eigenvalue weighted by molar-refractivity contribution is 7.09. The highest BCUT2D eigenvalue weighted by atomic mass is 32.1. The van der Waals surface area contributed by atoms with Gasteiger partial charge in [-0.25, -0.2) is 9.97 Å². The fraction of sp³-hybridized carbons (Fsp3) is 0.462. The van der Waals surface area contributed by atoms with Crippen LogP contribution >= 0.6 is 11.3 Å². The van der Waals surface area contributed by atoms with Gasteiger partial charge in [0.1, 0.15) is 5.82 Å². The van der Waals surface area contributed by atoms with E-state index in [9.17, 15) is 0 Å². The van der Waals surface area contributed by atoms with Crippen molar-refractivity contribution in [3.63, 3.8) is 0 Å². The fourth-order valence-corrected chi connectivity index (χ4v) is 2.50. The van der Waals surface area contributed by atoms with Crippen molar-refractivity contribution in [3.05, 3.63) is 33.7 Å². The van der Waals surface area contributed by atoms with Crippen LogP contribution in [0.5, 0.6) is 0 Å². The summed E-state index contributed by atoms with van der Waals surface area (Å²) in [5.74, 6) is 1.25. The largest absolute Gasteiger partial charge is 0.368 e. The van der Waals surface area contributed by atoms with Gasteiger partial charge < -0.3 is 5.32 Å². The first-order chi connectivity index (χ1) is 8.56. The predicted octanol–water partition coefficient (Wildman–Crippen LogP) is 3.07. The molecule has 96 valence electrons. The first kappa shape index (κ1) is 13.0. The second-order valence-corrected chi connectivity index (χ2v) is 5.44. The van der Waals surface area contributed by atoms with Crippen LogP contribution in [0.15, 0.2) is 11.6 Å². The van der Waals surface area contributed by atoms with Crippen LogP contribution in [0.25, 0.3) is 0 Å². The molecule has 0 fully saturated rings. The van der Waals surface area contributed by atoms with Crippen LogP contribution in [0.2, 0.25) is 0 Å². The summed E-state index contributed by atoms with van der Waals surface area (Å²) in [5, 5.41) is 6.61. The highest BCUT2D eigenvalue weighted by Crippen LogP contribution is 2.20. The molecular weight excluding hydrogens is 244 g/mol. The van der Waals surface area contributed by atoms with Gasteiger partial charge in [-0.15, -0.1) is 11.3 Å². The minimum atomic E-state index is 0.380. The lowest BCUT2D eigenvalue weighted by Gasteiger charge is -2.12. The zero-order chi connectivity index (χ0) is 13.1. The second-order valence-electron chi connectivity index (χ2n) is 4.55. The number of aryl methyl sites for hydroxylation is 3. The van der Waals surface area contributed by atoms with E-state index in [0.717, 1.165) is 29.4 Å². The van der Waals surface area contributed by atoms with E-state index in [0.29, 0.717) is 5.92 Å². The van der Waals surface area contributed by atoms with E-state index < -0.39 is 0 Å². The van der Waals surface area contributed by atoms with Gasteiger partial charge in [-0.2, -0.15) is 0 Å². The van der Waals surface area contributed by atoms with Crippen molar-refractivity contribution in [1.29, 1.82) is 0 Å². The summed E-state index contributed by atoms with van der Waals surface area (Å²) >= 11 is 1.71. The standard InChI is InChI=1S/C13H18N4S/c1-8(13-17-10(3)7-18-13)5-15-12-11(4)14-6-9(2)16-12/h6-8H,5H2,1-4H3,(H,15,16)/t8-/m0/s1. The lowest BCUT2D eigenvalue weighted by molar-refractivity contribution is 0.785. The first-order valence-electron chi connectivity index (χ1n) is 6.02. The molecule has 0 aliphatic carbocycles. The minimum Gasteiger partial charge on any atom is -0.368 e. The Bertz CT molecular complexity index is 536. The maximum Gasteiger partial charge on any atom is 0.147 e. The van der Waals surface area contributed by atoms with Crippen molar-refractivity contribution >= 4 is 17.2 Å². The van der Waals surface area contributed by atoms with Crippen molar-refractivity contribution in [3.8, 4) is 0 Å². The second kappa shape index (κ2) is 5.44. The number of nitrogens with zero attached hydrogens (tertiary/aromatic N) is 3. The normalized spacial score (nSPS) is 12.4. The van der Waals surface area contributed by atoms with E-state index in [1.54, 1.807) is 17.5 Å². The lowest BCUT2D eigenvalue weighted by Crippen LogP contribution is -2.12. The SMILES string of the molecule is Cc1csc([C@@H](C)CNc2nc(C)cnc2C)n1. The Morgan fingerprint density at radius 2 is 2.00 bits per heavy atom. The maximum atomic E-state index is 4.51. The molecule has 4 nitrogen and oxygen atoms in total. The summed E-state index contributed by atoms with van der Waals surface area (Å²) in [5.41, 5.74) is 2.96. The molecule has 0 radical (unpaired) electrons. The number of hydrogen-bond donors (Lipinski definition) is 1. The molecule has 2 aromatic heterocycles. The molecule has 0 saturated heterocycles. The summed E-state index contributed by atoms with van der Waals surface area (Å²) in [6.07, 6.45) is 1.79. The third kappa shape index (κ3) is 3.04. The Hall–Kier alpha value is -1.49. The number of hydrogen-bond acceptors (Lipinski definition) is 5. The molecule has 0 spiro atoms. The van der Waals surface area contributed by atoms with Gasteiger partial charge in [0, 0.05) is 29.7 Å². The Balaban J connectivity index is 2.01. The quantitative estimate of drug-likeness (QED) is 0.920. The number of anilines is 1. The van der Waals surface area contributed by atoms with Crippen LogP contribution in [-0.2, 0) is 0 Å². The number of nitrogens with one attached hydrogen (secondary N) is 1. The zero-order valence-corrected chi connectivity index (χ0v) is 12.0. The molecule has 2 rings (SSSR count). The van der Waals surface area contributed by atoms with E-state index >= 15 is 0 Å². The van der Waals surface area contributed by atoms with Gasteiger partial charge in [0.15, 0.2) is 0 Å². The molecular formula is C13H18N4S. The van der Waals surface area contributed by atoms with Gasteiger partial charge in [0.25, 0.3) is 0 Å². The summed E-state index contributed by atoms with van der Waals surface area (Å²) in [6.45, 7) is 8.93. The number of aromatic nitrogens is 3. The summed E-state index contributed by atoms with van der Waals surface area (Å²) < 4.78 is 0. The molecule has 0 amide bonds. The van der Waals surface area contributed by atoms with E-state index in [1.165, 1.54) is 5.01 Å². The molecule has 1 atom stereocenters.